The highest BCUT2D eigenvalue weighted by atomic mass is 35.5. The van der Waals surface area contributed by atoms with Gasteiger partial charge in [-0.15, -0.1) is 0 Å². The third-order valence-corrected chi connectivity index (χ3v) is 4.34. The standard InChI is InChI=1S/C19H14ClF3N6O3/c1-10(30)26-11-2-4-12(5-3-11)27-17-16(29(31)32)18(25-9-24-17)28-13-6-7-15(20)14(8-13)19(21,22)23/h2-9H,1H3,(H,26,30)(H2,24,25,27,28). The van der Waals surface area contributed by atoms with Crippen LogP contribution in [-0.2, 0) is 11.0 Å². The number of halogens is 4. The zero-order chi connectivity index (χ0) is 23.5. The number of nitrogens with one attached hydrogen (secondary N) is 3. The summed E-state index contributed by atoms with van der Waals surface area (Å²) >= 11 is 5.61. The predicted molar refractivity (Wildman–Crippen MR) is 112 cm³/mol. The fourth-order valence-electron chi connectivity index (χ4n) is 2.67. The van der Waals surface area contributed by atoms with Gasteiger partial charge in [0.2, 0.25) is 17.5 Å². The number of aromatic nitrogens is 2. The van der Waals surface area contributed by atoms with Gasteiger partial charge in [0.15, 0.2) is 0 Å². The molecule has 0 fully saturated rings. The van der Waals surface area contributed by atoms with Crippen LogP contribution >= 0.6 is 11.6 Å². The molecule has 0 aliphatic rings. The van der Waals surface area contributed by atoms with Gasteiger partial charge >= 0.3 is 11.9 Å². The van der Waals surface area contributed by atoms with Crippen LogP contribution in [0.5, 0.6) is 0 Å². The van der Waals surface area contributed by atoms with Gasteiger partial charge in [0.05, 0.1) is 15.5 Å². The van der Waals surface area contributed by atoms with Gasteiger partial charge in [0, 0.05) is 24.0 Å². The fraction of sp³-hybridized carbons (Fsp3) is 0.105. The fourth-order valence-corrected chi connectivity index (χ4v) is 2.89. The van der Waals surface area contributed by atoms with Crippen LogP contribution in [-0.4, -0.2) is 20.8 Å². The van der Waals surface area contributed by atoms with E-state index in [4.69, 9.17) is 11.6 Å². The molecule has 3 N–H and O–H groups in total. The van der Waals surface area contributed by atoms with E-state index in [1.54, 1.807) is 24.3 Å². The Bertz CT molecular complexity index is 1170. The van der Waals surface area contributed by atoms with Gasteiger partial charge in [-0.2, -0.15) is 13.2 Å². The molecule has 0 aliphatic heterocycles. The number of alkyl halides is 3. The summed E-state index contributed by atoms with van der Waals surface area (Å²) < 4.78 is 39.3. The van der Waals surface area contributed by atoms with Crippen molar-refractivity contribution in [1.29, 1.82) is 0 Å². The van der Waals surface area contributed by atoms with Crippen molar-refractivity contribution in [3.63, 3.8) is 0 Å². The molecule has 0 aliphatic carbocycles. The molecule has 1 aromatic heterocycles. The predicted octanol–water partition coefficient (Wildman–Crippen LogP) is 5.50. The minimum Gasteiger partial charge on any atom is -0.334 e. The maximum atomic E-state index is 13.1. The minimum atomic E-state index is -4.71. The molecule has 3 aromatic rings. The van der Waals surface area contributed by atoms with Gasteiger partial charge in [0.25, 0.3) is 0 Å². The van der Waals surface area contributed by atoms with Crippen LogP contribution in [0.1, 0.15) is 12.5 Å². The minimum absolute atomic E-state index is 0.103. The van der Waals surface area contributed by atoms with Crippen LogP contribution in [0.4, 0.5) is 47.6 Å². The maximum Gasteiger partial charge on any atom is 0.417 e. The molecule has 3 rings (SSSR count). The van der Waals surface area contributed by atoms with Crippen molar-refractivity contribution in [2.75, 3.05) is 16.0 Å². The zero-order valence-corrected chi connectivity index (χ0v) is 17.0. The highest BCUT2D eigenvalue weighted by Gasteiger charge is 2.33. The first-order valence-corrected chi connectivity index (χ1v) is 9.20. The number of nitrogens with zero attached hydrogens (tertiary/aromatic N) is 3. The SMILES string of the molecule is CC(=O)Nc1ccc(Nc2ncnc(Nc3ccc(Cl)c(C(F)(F)F)c3)c2[N+](=O)[O-])cc1. The van der Waals surface area contributed by atoms with E-state index in [1.165, 1.54) is 13.0 Å². The highest BCUT2D eigenvalue weighted by Crippen LogP contribution is 2.38. The van der Waals surface area contributed by atoms with Crippen molar-refractivity contribution in [1.82, 2.24) is 9.97 Å². The van der Waals surface area contributed by atoms with Crippen LogP contribution in [0.15, 0.2) is 48.8 Å². The van der Waals surface area contributed by atoms with E-state index in [1.807, 2.05) is 0 Å². The second kappa shape index (κ2) is 9.06. The second-order valence-electron chi connectivity index (χ2n) is 6.38. The summed E-state index contributed by atoms with van der Waals surface area (Å²) in [7, 11) is 0. The second-order valence-corrected chi connectivity index (χ2v) is 6.78. The van der Waals surface area contributed by atoms with Crippen molar-refractivity contribution in [2.45, 2.75) is 13.1 Å². The molecule has 2 aromatic carbocycles. The molecule has 0 saturated heterocycles. The molecule has 1 amide bonds. The van der Waals surface area contributed by atoms with Gasteiger partial charge in [-0.3, -0.25) is 14.9 Å². The molecule has 0 atom stereocenters. The van der Waals surface area contributed by atoms with Gasteiger partial charge in [-0.05, 0) is 42.5 Å². The van der Waals surface area contributed by atoms with Crippen molar-refractivity contribution in [3.05, 3.63) is 69.5 Å². The molecule has 0 bridgehead atoms. The van der Waals surface area contributed by atoms with Gasteiger partial charge in [-0.1, -0.05) is 11.6 Å². The van der Waals surface area contributed by atoms with E-state index in [0.717, 1.165) is 18.5 Å². The molecule has 1 heterocycles. The van der Waals surface area contributed by atoms with Crippen molar-refractivity contribution < 1.29 is 22.9 Å². The third kappa shape index (κ3) is 5.40. The smallest absolute Gasteiger partial charge is 0.334 e. The Morgan fingerprint density at radius 1 is 1.00 bits per heavy atom. The lowest BCUT2D eigenvalue weighted by molar-refractivity contribution is -0.383. The largest absolute Gasteiger partial charge is 0.417 e. The molecule has 32 heavy (non-hydrogen) atoms. The molecular weight excluding hydrogens is 453 g/mol. The summed E-state index contributed by atoms with van der Waals surface area (Å²) in [4.78, 5) is 29.7. The van der Waals surface area contributed by atoms with Gasteiger partial charge in [-0.25, -0.2) is 9.97 Å². The lowest BCUT2D eigenvalue weighted by Crippen LogP contribution is -2.08. The zero-order valence-electron chi connectivity index (χ0n) is 16.2. The number of benzene rings is 2. The first-order chi connectivity index (χ1) is 15.0. The van der Waals surface area contributed by atoms with Crippen LogP contribution in [0, 0.1) is 10.1 Å². The summed E-state index contributed by atoms with van der Waals surface area (Å²) in [6, 6.07) is 9.23. The number of anilines is 5. The highest BCUT2D eigenvalue weighted by molar-refractivity contribution is 6.31. The van der Waals surface area contributed by atoms with E-state index in [2.05, 4.69) is 25.9 Å². The summed E-state index contributed by atoms with van der Waals surface area (Å²) in [5, 5.41) is 19.0. The van der Waals surface area contributed by atoms with E-state index >= 15 is 0 Å². The van der Waals surface area contributed by atoms with E-state index in [-0.39, 0.29) is 23.2 Å². The van der Waals surface area contributed by atoms with Gasteiger partial charge < -0.3 is 16.0 Å². The first-order valence-electron chi connectivity index (χ1n) is 8.82. The number of amides is 1. The summed E-state index contributed by atoms with van der Waals surface area (Å²) in [5.41, 5.74) is -0.849. The van der Waals surface area contributed by atoms with E-state index in [9.17, 15) is 28.1 Å². The summed E-state index contributed by atoms with van der Waals surface area (Å²) in [6.07, 6.45) is -3.69. The third-order valence-electron chi connectivity index (χ3n) is 4.01. The van der Waals surface area contributed by atoms with Gasteiger partial charge in [0.1, 0.15) is 6.33 Å². The lowest BCUT2D eigenvalue weighted by atomic mass is 10.2. The molecular formula is C19H14ClF3N6O3. The topological polar surface area (TPSA) is 122 Å². The van der Waals surface area contributed by atoms with Crippen molar-refractivity contribution in [3.8, 4) is 0 Å². The number of hydrogen-bond donors (Lipinski definition) is 3. The monoisotopic (exact) mass is 466 g/mol. The van der Waals surface area contributed by atoms with Crippen molar-refractivity contribution in [2.24, 2.45) is 0 Å². The first kappa shape index (κ1) is 22.7. The Hall–Kier alpha value is -3.93. The van der Waals surface area contributed by atoms with E-state index < -0.39 is 27.4 Å². The van der Waals surface area contributed by atoms with Crippen molar-refractivity contribution >= 4 is 51.9 Å². The quantitative estimate of drug-likeness (QED) is 0.323. The molecule has 0 spiro atoms. The average molecular weight is 467 g/mol. The number of carbonyl (C=O) groups is 1. The van der Waals surface area contributed by atoms with Crippen LogP contribution < -0.4 is 16.0 Å². The normalized spacial score (nSPS) is 11.0. The Balaban J connectivity index is 1.92. The molecule has 0 unspecified atom stereocenters. The molecule has 0 saturated carbocycles. The number of nitro groups is 1. The Morgan fingerprint density at radius 3 is 2.06 bits per heavy atom. The van der Waals surface area contributed by atoms with Crippen LogP contribution in [0.25, 0.3) is 0 Å². The van der Waals surface area contributed by atoms with E-state index in [0.29, 0.717) is 11.4 Å². The molecule has 166 valence electrons. The molecule has 9 nitrogen and oxygen atoms in total. The molecule has 13 heteroatoms. The number of carbonyl (C=O) groups excluding carboxylic acids is 1. The number of hydrogen-bond acceptors (Lipinski definition) is 7. The summed E-state index contributed by atoms with van der Waals surface area (Å²) in [6.45, 7) is 1.35. The number of rotatable bonds is 6. The Kier molecular flexibility index (Phi) is 6.44. The summed E-state index contributed by atoms with van der Waals surface area (Å²) in [5.74, 6) is -0.772. The maximum absolute atomic E-state index is 13.1. The molecule has 0 radical (unpaired) electrons. The average Bonchev–Trinajstić information content (AvgIpc) is 2.69. The van der Waals surface area contributed by atoms with Crippen LogP contribution in [0.2, 0.25) is 5.02 Å². The van der Waals surface area contributed by atoms with Crippen LogP contribution in [0.3, 0.4) is 0 Å². The Morgan fingerprint density at radius 2 is 1.53 bits per heavy atom. The lowest BCUT2D eigenvalue weighted by Gasteiger charge is -2.13. The Labute approximate surface area is 183 Å².